The molecule has 3 heterocycles. The van der Waals surface area contributed by atoms with Crippen LogP contribution >= 0.6 is 0 Å². The normalized spacial score (nSPS) is 13.8. The van der Waals surface area contributed by atoms with Crippen LogP contribution in [0, 0.1) is 0 Å². The van der Waals surface area contributed by atoms with E-state index in [0.29, 0.717) is 43.7 Å². The van der Waals surface area contributed by atoms with Crippen molar-refractivity contribution in [3.05, 3.63) is 58.0 Å². The molecule has 0 unspecified atom stereocenters. The monoisotopic (exact) mass is 352 g/mol. The van der Waals surface area contributed by atoms with Crippen molar-refractivity contribution in [1.29, 1.82) is 0 Å². The number of rotatable bonds is 4. The minimum absolute atomic E-state index is 0.00143. The first-order chi connectivity index (χ1) is 12.7. The number of hydrogen-bond acceptors (Lipinski definition) is 4. The molecule has 2 aromatic heterocycles. The predicted octanol–water partition coefficient (Wildman–Crippen LogP) is 1.61. The van der Waals surface area contributed by atoms with E-state index in [1.54, 1.807) is 12.0 Å². The topological polar surface area (TPSA) is 79.7 Å². The molecule has 26 heavy (non-hydrogen) atoms. The molecule has 3 aromatic rings. The summed E-state index contributed by atoms with van der Waals surface area (Å²) in [7, 11) is 1.57. The molecule has 0 fully saturated rings. The number of amides is 1. The summed E-state index contributed by atoms with van der Waals surface area (Å²) < 4.78 is 6.43. The van der Waals surface area contributed by atoms with Crippen LogP contribution < -0.4 is 5.56 Å². The summed E-state index contributed by atoms with van der Waals surface area (Å²) in [5.41, 5.74) is 3.66. The Balaban J connectivity index is 1.70. The summed E-state index contributed by atoms with van der Waals surface area (Å²) in [4.78, 5) is 31.5. The Bertz CT molecular complexity index is 1010. The van der Waals surface area contributed by atoms with Crippen molar-refractivity contribution in [1.82, 2.24) is 19.5 Å². The van der Waals surface area contributed by atoms with E-state index in [2.05, 4.69) is 10.1 Å². The Morgan fingerprint density at radius 1 is 1.31 bits per heavy atom. The standard InChI is InChI=1S/C19H20N4O3/c1-26-10-8-18(24)22-9-7-15-14(12-22)19(25)23-17(20-15)11-16(21-23)13-5-3-2-4-6-13/h2-6,11,21H,7-10,12H2,1H3. The molecule has 0 aliphatic carbocycles. The van der Waals surface area contributed by atoms with Crippen molar-refractivity contribution < 1.29 is 9.53 Å². The van der Waals surface area contributed by atoms with Gasteiger partial charge in [-0.15, -0.1) is 0 Å². The lowest BCUT2D eigenvalue weighted by Gasteiger charge is -2.27. The van der Waals surface area contributed by atoms with Crippen molar-refractivity contribution >= 4 is 11.6 Å². The van der Waals surface area contributed by atoms with Crippen molar-refractivity contribution in [3.63, 3.8) is 0 Å². The SMILES string of the molecule is COCCC(=O)N1CCc2nc3cc(-c4ccccc4)[nH]n3c(=O)c2C1. The lowest BCUT2D eigenvalue weighted by Crippen LogP contribution is -2.40. The van der Waals surface area contributed by atoms with Gasteiger partial charge in [-0.25, -0.2) is 9.50 Å². The highest BCUT2D eigenvalue weighted by molar-refractivity contribution is 5.76. The lowest BCUT2D eigenvalue weighted by molar-refractivity contribution is -0.133. The predicted molar refractivity (Wildman–Crippen MR) is 96.9 cm³/mol. The molecule has 0 saturated heterocycles. The zero-order valence-corrected chi connectivity index (χ0v) is 14.6. The fraction of sp³-hybridized carbons (Fsp3) is 0.316. The minimum Gasteiger partial charge on any atom is -0.384 e. The van der Waals surface area contributed by atoms with Crippen LogP contribution in [0.2, 0.25) is 0 Å². The Kier molecular flexibility index (Phi) is 4.30. The molecule has 1 aliphatic heterocycles. The number of nitrogens with zero attached hydrogens (tertiary/aromatic N) is 3. The summed E-state index contributed by atoms with van der Waals surface area (Å²) in [6.07, 6.45) is 0.912. The maximum absolute atomic E-state index is 12.9. The van der Waals surface area contributed by atoms with Gasteiger partial charge in [0.05, 0.1) is 36.5 Å². The van der Waals surface area contributed by atoms with Crippen molar-refractivity contribution in [2.75, 3.05) is 20.3 Å². The molecule has 1 aromatic carbocycles. The van der Waals surface area contributed by atoms with Crippen LogP contribution in [-0.4, -0.2) is 45.7 Å². The van der Waals surface area contributed by atoms with Gasteiger partial charge in [-0.3, -0.25) is 14.7 Å². The average molecular weight is 352 g/mol. The molecular formula is C19H20N4O3. The summed E-state index contributed by atoms with van der Waals surface area (Å²) in [5.74, 6) is -0.00143. The summed E-state index contributed by atoms with van der Waals surface area (Å²) >= 11 is 0. The first-order valence-electron chi connectivity index (χ1n) is 8.63. The van der Waals surface area contributed by atoms with Crippen molar-refractivity contribution in [3.8, 4) is 11.3 Å². The van der Waals surface area contributed by atoms with Gasteiger partial charge in [-0.2, -0.15) is 0 Å². The third-order valence-corrected chi connectivity index (χ3v) is 4.72. The number of aromatic nitrogens is 3. The summed E-state index contributed by atoms with van der Waals surface area (Å²) in [6, 6.07) is 11.7. The third kappa shape index (κ3) is 2.90. The van der Waals surface area contributed by atoms with Gasteiger partial charge in [0, 0.05) is 26.1 Å². The number of ether oxygens (including phenoxy) is 1. The van der Waals surface area contributed by atoms with E-state index in [1.807, 2.05) is 36.4 Å². The molecule has 0 saturated carbocycles. The van der Waals surface area contributed by atoms with Crippen molar-refractivity contribution in [2.45, 2.75) is 19.4 Å². The van der Waals surface area contributed by atoms with Gasteiger partial charge in [-0.1, -0.05) is 30.3 Å². The van der Waals surface area contributed by atoms with Crippen LogP contribution in [0.15, 0.2) is 41.2 Å². The fourth-order valence-electron chi connectivity index (χ4n) is 3.31. The minimum atomic E-state index is -0.142. The second kappa shape index (κ2) is 6.76. The van der Waals surface area contributed by atoms with Gasteiger partial charge >= 0.3 is 0 Å². The largest absolute Gasteiger partial charge is 0.384 e. The van der Waals surface area contributed by atoms with Crippen LogP contribution in [0.4, 0.5) is 0 Å². The number of methoxy groups -OCH3 is 1. The van der Waals surface area contributed by atoms with E-state index in [-0.39, 0.29) is 11.5 Å². The highest BCUT2D eigenvalue weighted by Gasteiger charge is 2.25. The fourth-order valence-corrected chi connectivity index (χ4v) is 3.31. The number of nitrogens with one attached hydrogen (secondary N) is 1. The molecule has 0 atom stereocenters. The quantitative estimate of drug-likeness (QED) is 0.774. The molecule has 0 spiro atoms. The van der Waals surface area contributed by atoms with E-state index in [1.165, 1.54) is 4.52 Å². The lowest BCUT2D eigenvalue weighted by atomic mass is 10.1. The second-order valence-corrected chi connectivity index (χ2v) is 6.38. The maximum Gasteiger partial charge on any atom is 0.277 e. The van der Waals surface area contributed by atoms with Crippen LogP contribution in [0.1, 0.15) is 17.7 Å². The number of carbonyl (C=O) groups is 1. The number of hydrogen-bond donors (Lipinski definition) is 1. The number of fused-ring (bicyclic) bond motifs is 2. The molecule has 1 amide bonds. The van der Waals surface area contributed by atoms with Gasteiger partial charge < -0.3 is 9.64 Å². The molecule has 1 N–H and O–H groups in total. The van der Waals surface area contributed by atoms with Crippen LogP contribution in [0.5, 0.6) is 0 Å². The average Bonchev–Trinajstić information content (AvgIpc) is 3.11. The van der Waals surface area contributed by atoms with E-state index in [4.69, 9.17) is 4.74 Å². The summed E-state index contributed by atoms with van der Waals surface area (Å²) in [6.45, 7) is 1.26. The zero-order valence-electron chi connectivity index (χ0n) is 14.6. The molecule has 7 heteroatoms. The third-order valence-electron chi connectivity index (χ3n) is 4.72. The highest BCUT2D eigenvalue weighted by Crippen LogP contribution is 2.20. The van der Waals surface area contributed by atoms with Crippen molar-refractivity contribution in [2.24, 2.45) is 0 Å². The van der Waals surface area contributed by atoms with Gasteiger partial charge in [0.2, 0.25) is 5.91 Å². The Hall–Kier alpha value is -2.93. The molecule has 4 rings (SSSR count). The van der Waals surface area contributed by atoms with Gasteiger partial charge in [0.15, 0.2) is 5.65 Å². The van der Waals surface area contributed by atoms with Gasteiger partial charge in [-0.05, 0) is 5.56 Å². The molecule has 1 aliphatic rings. The van der Waals surface area contributed by atoms with Crippen LogP contribution in [-0.2, 0) is 22.5 Å². The van der Waals surface area contributed by atoms with E-state index < -0.39 is 0 Å². The number of aromatic amines is 1. The van der Waals surface area contributed by atoms with E-state index in [0.717, 1.165) is 17.0 Å². The first-order valence-corrected chi connectivity index (χ1v) is 8.63. The van der Waals surface area contributed by atoms with Crippen LogP contribution in [0.25, 0.3) is 16.9 Å². The molecule has 134 valence electrons. The highest BCUT2D eigenvalue weighted by atomic mass is 16.5. The molecule has 0 radical (unpaired) electrons. The second-order valence-electron chi connectivity index (χ2n) is 6.38. The number of H-pyrrole nitrogens is 1. The van der Waals surface area contributed by atoms with Gasteiger partial charge in [0.25, 0.3) is 5.56 Å². The van der Waals surface area contributed by atoms with Gasteiger partial charge in [0.1, 0.15) is 0 Å². The smallest absolute Gasteiger partial charge is 0.277 e. The van der Waals surface area contributed by atoms with E-state index >= 15 is 0 Å². The Labute approximate surface area is 150 Å². The zero-order chi connectivity index (χ0) is 18.1. The number of carbonyl (C=O) groups excluding carboxylic acids is 1. The van der Waals surface area contributed by atoms with Crippen LogP contribution in [0.3, 0.4) is 0 Å². The maximum atomic E-state index is 12.9. The first kappa shape index (κ1) is 16.5. The molecule has 7 nitrogen and oxygen atoms in total. The Morgan fingerprint density at radius 3 is 2.88 bits per heavy atom. The number of benzene rings is 1. The molecule has 0 bridgehead atoms. The molecular weight excluding hydrogens is 332 g/mol. The Morgan fingerprint density at radius 2 is 2.12 bits per heavy atom. The summed E-state index contributed by atoms with van der Waals surface area (Å²) in [5, 5.41) is 3.13. The van der Waals surface area contributed by atoms with E-state index in [9.17, 15) is 9.59 Å².